The molecule has 8 bridgehead atoms. The molecule has 0 radical (unpaired) electrons. The van der Waals surface area contributed by atoms with Gasteiger partial charge in [0.2, 0.25) is 0 Å². The first-order valence-electron chi connectivity index (χ1n) is 19.7. The molecule has 0 amide bonds. The number of hydrogen-bond acceptors (Lipinski definition) is 4. The van der Waals surface area contributed by atoms with E-state index in [0.29, 0.717) is 0 Å². The third kappa shape index (κ3) is 8.35. The molecule has 6 heteroatoms. The minimum absolute atomic E-state index is 0.960. The van der Waals surface area contributed by atoms with Gasteiger partial charge in [0, 0.05) is 33.6 Å². The molecule has 0 spiro atoms. The maximum atomic E-state index is 5.42. The van der Waals surface area contributed by atoms with E-state index in [0.717, 1.165) is 101 Å². The third-order valence-corrected chi connectivity index (χ3v) is 13.4. The molecule has 2 aliphatic heterocycles. The van der Waals surface area contributed by atoms with Crippen LogP contribution in [0.4, 0.5) is 0 Å². The second kappa shape index (κ2) is 17.5. The molecule has 7 rings (SSSR count). The van der Waals surface area contributed by atoms with Crippen molar-refractivity contribution in [2.45, 2.75) is 91.6 Å². The largest absolute Gasteiger partial charge is 0.355 e. The van der Waals surface area contributed by atoms with Crippen molar-refractivity contribution in [3.05, 3.63) is 141 Å². The van der Waals surface area contributed by atoms with Crippen LogP contribution in [0.5, 0.6) is 0 Å². The maximum absolute atomic E-state index is 5.42. The number of thioether (sulfide) groups is 2. The van der Waals surface area contributed by atoms with E-state index in [-0.39, 0.29) is 0 Å². The van der Waals surface area contributed by atoms with Gasteiger partial charge in [0.15, 0.2) is 0 Å². The molecule has 5 heterocycles. The second-order valence-corrected chi connectivity index (χ2v) is 16.9. The summed E-state index contributed by atoms with van der Waals surface area (Å²) in [5, 5.41) is 0. The van der Waals surface area contributed by atoms with Crippen molar-refractivity contribution in [1.82, 2.24) is 19.9 Å². The molecular weight excluding hydrogens is 697 g/mol. The van der Waals surface area contributed by atoms with E-state index in [2.05, 4.69) is 136 Å². The molecular formula is C48H54N4S2. The van der Waals surface area contributed by atoms with Gasteiger partial charge >= 0.3 is 0 Å². The topological polar surface area (TPSA) is 57.4 Å². The Bertz CT molecular complexity index is 2350. The Morgan fingerprint density at radius 2 is 0.926 bits per heavy atom. The van der Waals surface area contributed by atoms with Gasteiger partial charge in [-0.25, -0.2) is 9.97 Å². The van der Waals surface area contributed by atoms with Gasteiger partial charge < -0.3 is 9.97 Å². The molecule has 0 atom stereocenters. The van der Waals surface area contributed by atoms with E-state index in [4.69, 9.17) is 9.97 Å². The summed E-state index contributed by atoms with van der Waals surface area (Å²) in [5.41, 5.74) is 22.3. The average Bonchev–Trinajstić information content (AvgIpc) is 3.85. The number of rotatable bonds is 14. The van der Waals surface area contributed by atoms with E-state index in [1.807, 2.05) is 23.5 Å². The lowest BCUT2D eigenvalue weighted by molar-refractivity contribution is 0.979. The summed E-state index contributed by atoms with van der Waals surface area (Å²) in [5.74, 6) is 4.32. The van der Waals surface area contributed by atoms with E-state index in [9.17, 15) is 0 Å². The molecule has 0 aliphatic carbocycles. The molecule has 5 aromatic rings. The zero-order valence-corrected chi connectivity index (χ0v) is 34.5. The van der Waals surface area contributed by atoms with Crippen molar-refractivity contribution < 1.29 is 0 Å². The fourth-order valence-electron chi connectivity index (χ4n) is 7.99. The zero-order valence-electron chi connectivity index (χ0n) is 32.9. The number of hydrogen-bond donors (Lipinski definition) is 2. The Morgan fingerprint density at radius 1 is 0.500 bits per heavy atom. The molecule has 2 aliphatic rings. The predicted molar refractivity (Wildman–Crippen MR) is 238 cm³/mol. The average molecular weight is 751 g/mol. The number of aryl methyl sites for hydroxylation is 4. The number of benzene rings is 2. The number of aromatic amines is 2. The Labute approximate surface area is 330 Å². The lowest BCUT2D eigenvalue weighted by Gasteiger charge is -2.08. The lowest BCUT2D eigenvalue weighted by atomic mass is 9.98. The lowest BCUT2D eigenvalue weighted by Crippen LogP contribution is -1.91. The van der Waals surface area contributed by atoms with Gasteiger partial charge in [-0.05, 0) is 158 Å². The van der Waals surface area contributed by atoms with Crippen LogP contribution in [-0.4, -0.2) is 31.4 Å². The number of fused-ring (bicyclic) bond motifs is 8. The van der Waals surface area contributed by atoms with Crippen LogP contribution in [0.2, 0.25) is 0 Å². The van der Waals surface area contributed by atoms with Crippen molar-refractivity contribution in [2.24, 2.45) is 0 Å². The highest BCUT2D eigenvalue weighted by molar-refractivity contribution is 7.98. The van der Waals surface area contributed by atoms with Crippen LogP contribution >= 0.6 is 23.5 Å². The fourth-order valence-corrected chi connectivity index (χ4v) is 9.83. The van der Waals surface area contributed by atoms with Gasteiger partial charge in [-0.1, -0.05) is 74.5 Å². The molecule has 0 unspecified atom stereocenters. The number of H-pyrrole nitrogens is 2. The van der Waals surface area contributed by atoms with E-state index in [1.165, 1.54) is 61.2 Å². The Balaban J connectivity index is 1.30. The fraction of sp³-hybridized carbons (Fsp3) is 0.333. The quantitative estimate of drug-likeness (QED) is 0.111. The molecule has 4 nitrogen and oxygen atoms in total. The minimum Gasteiger partial charge on any atom is -0.355 e. The summed E-state index contributed by atoms with van der Waals surface area (Å²) in [4.78, 5) is 18.5. The summed E-state index contributed by atoms with van der Waals surface area (Å²) in [7, 11) is 0. The summed E-state index contributed by atoms with van der Waals surface area (Å²) in [6.45, 7) is 13.6. The summed E-state index contributed by atoms with van der Waals surface area (Å²) < 4.78 is 0. The van der Waals surface area contributed by atoms with Gasteiger partial charge in [-0.3, -0.25) is 0 Å². The first kappa shape index (κ1) is 38.0. The number of allylic oxidation sites excluding steroid dienone is 4. The van der Waals surface area contributed by atoms with E-state index >= 15 is 0 Å². The van der Waals surface area contributed by atoms with Gasteiger partial charge in [0.1, 0.15) is 0 Å². The van der Waals surface area contributed by atoms with Crippen LogP contribution in [0.25, 0.3) is 44.4 Å². The van der Waals surface area contributed by atoms with E-state index in [1.54, 1.807) is 0 Å². The summed E-state index contributed by atoms with van der Waals surface area (Å²) >= 11 is 4.04. The number of nitrogens with zero attached hydrogens (tertiary/aromatic N) is 2. The van der Waals surface area contributed by atoms with Crippen LogP contribution in [0, 0.1) is 13.8 Å². The Kier molecular flexibility index (Phi) is 12.3. The molecule has 2 aromatic carbocycles. The van der Waals surface area contributed by atoms with Gasteiger partial charge in [-0.2, -0.15) is 23.5 Å². The number of nitrogens with one attached hydrogen (secondary N) is 2. The van der Waals surface area contributed by atoms with Crippen molar-refractivity contribution in [3.8, 4) is 0 Å². The predicted octanol–water partition coefficient (Wildman–Crippen LogP) is 13.3. The Hall–Kier alpha value is -4.26. The molecule has 0 saturated carbocycles. The van der Waals surface area contributed by atoms with Crippen LogP contribution in [-0.2, 0) is 24.3 Å². The van der Waals surface area contributed by atoms with Crippen molar-refractivity contribution in [1.29, 1.82) is 0 Å². The monoisotopic (exact) mass is 750 g/mol. The molecule has 0 saturated heterocycles. The van der Waals surface area contributed by atoms with E-state index < -0.39 is 0 Å². The standard InChI is InChI=1S/C48H54N4S2/c1-7-37-31(3)41-25-42-33(5)39(21-15-23-53-29-35-17-11-9-12-18-35)47(51-42)28-48-40(22-16-24-54-30-36-19-13-10-14-20-36)34(6)44(52-48)27-46-38(8-2)32(4)43(50-46)26-45(37)49-41/h9-14,17-20,25-28,49-50H,7-8,15-16,21-24,29-30H2,1-6H3. The van der Waals surface area contributed by atoms with Crippen LogP contribution in [0.1, 0.15) is 110 Å². The summed E-state index contributed by atoms with van der Waals surface area (Å²) in [6.07, 6.45) is 6.14. The molecule has 54 heavy (non-hydrogen) atoms. The van der Waals surface area contributed by atoms with Crippen LogP contribution in [0.3, 0.4) is 0 Å². The highest BCUT2D eigenvalue weighted by Gasteiger charge is 2.22. The van der Waals surface area contributed by atoms with Crippen LogP contribution in [0.15, 0.2) is 84.9 Å². The summed E-state index contributed by atoms with van der Waals surface area (Å²) in [6, 6.07) is 30.8. The minimum atomic E-state index is 0.960. The van der Waals surface area contributed by atoms with Crippen molar-refractivity contribution >= 4 is 67.9 Å². The van der Waals surface area contributed by atoms with Gasteiger partial charge in [0.25, 0.3) is 0 Å². The Morgan fingerprint density at radius 3 is 1.39 bits per heavy atom. The SMILES string of the molecule is CCc1c(C)c2cc3[nH]c(cc4nc(cc5nc(cc1[nH]2)C(C)=C5CCCSCc1ccccc1)C(CCCSCc1ccccc1)=C4C)c(C)c3CC. The zero-order chi connectivity index (χ0) is 37.6. The highest BCUT2D eigenvalue weighted by Crippen LogP contribution is 2.38. The molecule has 2 N–H and O–H groups in total. The molecule has 0 fully saturated rings. The third-order valence-electron chi connectivity index (χ3n) is 11.2. The molecule has 3 aromatic heterocycles. The number of aromatic nitrogens is 4. The second-order valence-electron chi connectivity index (χ2n) is 14.7. The van der Waals surface area contributed by atoms with Gasteiger partial charge in [0.05, 0.1) is 22.8 Å². The molecule has 278 valence electrons. The normalized spacial score (nSPS) is 13.0. The van der Waals surface area contributed by atoms with Gasteiger partial charge in [-0.15, -0.1) is 0 Å². The maximum Gasteiger partial charge on any atom is 0.0694 e. The van der Waals surface area contributed by atoms with Crippen molar-refractivity contribution in [2.75, 3.05) is 11.5 Å². The van der Waals surface area contributed by atoms with Crippen molar-refractivity contribution in [3.63, 3.8) is 0 Å². The smallest absolute Gasteiger partial charge is 0.0694 e. The first-order valence-corrected chi connectivity index (χ1v) is 22.0. The highest BCUT2D eigenvalue weighted by atomic mass is 32.2. The van der Waals surface area contributed by atoms with Crippen LogP contribution < -0.4 is 0 Å². The first-order chi connectivity index (χ1) is 26.3.